The number of hydrogen-bond acceptors (Lipinski definition) is 2. The van der Waals surface area contributed by atoms with Crippen molar-refractivity contribution in [3.63, 3.8) is 0 Å². The van der Waals surface area contributed by atoms with Crippen LogP contribution in [-0.4, -0.2) is 13.4 Å². The molecule has 0 aromatic heterocycles. The van der Waals surface area contributed by atoms with Crippen LogP contribution in [0.4, 0.5) is 17.1 Å². The number of para-hydroxylation sites is 2. The van der Waals surface area contributed by atoms with Gasteiger partial charge in [0.05, 0.1) is 5.41 Å². The molecule has 0 N–H and O–H groups in total. The zero-order valence-electron chi connectivity index (χ0n) is 39.0. The highest BCUT2D eigenvalue weighted by atomic mass is 32.2. The first-order valence-electron chi connectivity index (χ1n) is 24.7. The predicted molar refractivity (Wildman–Crippen MR) is 302 cm³/mol. The summed E-state index contributed by atoms with van der Waals surface area (Å²) < 4.78 is 0. The van der Waals surface area contributed by atoms with Gasteiger partial charge in [-0.3, -0.25) is 0 Å². The Kier molecular flexibility index (Phi) is 9.96. The number of fused-ring (bicyclic) bond motifs is 10. The molecule has 0 saturated carbocycles. The van der Waals surface area contributed by atoms with Gasteiger partial charge in [0.25, 0.3) is 0 Å². The standard InChI is InChI=1S/C67H45B2NS/c1-6-19-46(20-7-1)49-36-41-60-58(43-49)67(56-40-35-51(47-21-8-2-9-22-47)45-63(56)69-62-30-16-17-31-64(62)71-65-32-18-29-57(67)66(65)69)59-44-50(37-42-61(59)68(60)52-23-10-3-11-24-52)48-33-38-55(39-34-48)70(53-25-12-4-13-26-53)54-27-14-5-15-28-54/h1-45H. The molecule has 14 rings (SSSR count). The fourth-order valence-electron chi connectivity index (χ4n) is 12.3. The van der Waals surface area contributed by atoms with E-state index in [9.17, 15) is 0 Å². The van der Waals surface area contributed by atoms with Crippen molar-refractivity contribution in [1.29, 1.82) is 0 Å². The number of rotatable bonds is 7. The lowest BCUT2D eigenvalue weighted by molar-refractivity contribution is 0.755. The van der Waals surface area contributed by atoms with Gasteiger partial charge >= 0.3 is 0 Å². The van der Waals surface area contributed by atoms with Crippen LogP contribution >= 0.6 is 11.8 Å². The Labute approximate surface area is 421 Å². The van der Waals surface area contributed by atoms with E-state index in [0.29, 0.717) is 0 Å². The molecule has 3 aliphatic heterocycles. The smallest absolute Gasteiger partial charge is 0.245 e. The maximum absolute atomic E-state index is 2.57. The van der Waals surface area contributed by atoms with Crippen LogP contribution in [-0.2, 0) is 5.41 Å². The Bertz CT molecular complexity index is 3750. The van der Waals surface area contributed by atoms with E-state index in [1.165, 1.54) is 98.2 Å². The largest absolute Gasteiger partial charge is 0.311 e. The highest BCUT2D eigenvalue weighted by molar-refractivity contribution is 8.00. The molecular formula is C67H45B2NS. The molecule has 3 aliphatic rings. The molecule has 11 aromatic carbocycles. The van der Waals surface area contributed by atoms with Crippen molar-refractivity contribution >= 4 is 75.0 Å². The number of hydrogen-bond donors (Lipinski definition) is 0. The molecular weight excluding hydrogens is 872 g/mol. The van der Waals surface area contributed by atoms with E-state index in [1.54, 1.807) is 0 Å². The normalized spacial score (nSPS) is 14.7. The maximum Gasteiger partial charge on any atom is 0.245 e. The third-order valence-corrected chi connectivity index (χ3v) is 16.5. The maximum atomic E-state index is 2.57. The van der Waals surface area contributed by atoms with E-state index in [2.05, 4.69) is 278 Å². The lowest BCUT2D eigenvalue weighted by Gasteiger charge is -2.51. The molecule has 1 atom stereocenters. The Morgan fingerprint density at radius 3 is 1.35 bits per heavy atom. The Morgan fingerprint density at radius 1 is 0.282 bits per heavy atom. The topological polar surface area (TPSA) is 3.24 Å². The van der Waals surface area contributed by atoms with Gasteiger partial charge in [-0.05, 0) is 104 Å². The van der Waals surface area contributed by atoms with Crippen LogP contribution in [0.2, 0.25) is 0 Å². The van der Waals surface area contributed by atoms with Gasteiger partial charge in [-0.1, -0.05) is 269 Å². The molecule has 0 saturated heterocycles. The van der Waals surface area contributed by atoms with Crippen LogP contribution < -0.4 is 37.7 Å². The summed E-state index contributed by atoms with van der Waals surface area (Å²) >= 11 is 1.93. The van der Waals surface area contributed by atoms with Crippen LogP contribution in [0.5, 0.6) is 0 Å². The van der Waals surface area contributed by atoms with Gasteiger partial charge in [0, 0.05) is 26.9 Å². The third-order valence-electron chi connectivity index (χ3n) is 15.3. The molecule has 0 bridgehead atoms. The van der Waals surface area contributed by atoms with E-state index < -0.39 is 5.41 Å². The average molecular weight is 918 g/mol. The first-order chi connectivity index (χ1) is 35.2. The third kappa shape index (κ3) is 6.66. The van der Waals surface area contributed by atoms with Crippen molar-refractivity contribution in [3.05, 3.63) is 295 Å². The van der Waals surface area contributed by atoms with Crippen molar-refractivity contribution in [2.45, 2.75) is 15.2 Å². The minimum atomic E-state index is -0.673. The molecule has 71 heavy (non-hydrogen) atoms. The van der Waals surface area contributed by atoms with E-state index in [4.69, 9.17) is 0 Å². The molecule has 4 heteroatoms. The molecule has 1 spiro atoms. The zero-order valence-corrected chi connectivity index (χ0v) is 39.8. The Morgan fingerprint density at radius 2 is 0.746 bits per heavy atom. The highest BCUT2D eigenvalue weighted by Gasteiger charge is 2.55. The van der Waals surface area contributed by atoms with Gasteiger partial charge in [-0.15, -0.1) is 0 Å². The van der Waals surface area contributed by atoms with Gasteiger partial charge < -0.3 is 4.90 Å². The lowest BCUT2D eigenvalue weighted by atomic mass is 9.26. The summed E-state index contributed by atoms with van der Waals surface area (Å²) in [6.45, 7) is 0.0738. The van der Waals surface area contributed by atoms with Crippen molar-refractivity contribution in [2.24, 2.45) is 0 Å². The van der Waals surface area contributed by atoms with Crippen molar-refractivity contribution in [3.8, 4) is 33.4 Å². The van der Waals surface area contributed by atoms with E-state index in [1.807, 2.05) is 11.8 Å². The SMILES string of the molecule is c1ccc(B2c3ccc(-c4ccccc4)cc3C3(c4cc(-c5ccc(N(c6ccccc6)c6ccccc6)cc5)ccc42)c2ccc(-c4ccccc4)cc2B2c4ccccc4Sc4cccc3c42)cc1. The van der Waals surface area contributed by atoms with Gasteiger partial charge in [-0.2, -0.15) is 0 Å². The second kappa shape index (κ2) is 17.0. The van der Waals surface area contributed by atoms with Crippen molar-refractivity contribution in [1.82, 2.24) is 0 Å². The second-order valence-corrected chi connectivity index (χ2v) is 20.2. The summed E-state index contributed by atoms with van der Waals surface area (Å²) in [7, 11) is 0. The summed E-state index contributed by atoms with van der Waals surface area (Å²) in [5.41, 5.74) is 23.5. The van der Waals surface area contributed by atoms with Crippen LogP contribution in [0.1, 0.15) is 22.3 Å². The van der Waals surface area contributed by atoms with Crippen LogP contribution in [0.3, 0.4) is 0 Å². The molecule has 1 unspecified atom stereocenters. The van der Waals surface area contributed by atoms with Crippen LogP contribution in [0, 0.1) is 0 Å². The van der Waals surface area contributed by atoms with Gasteiger partial charge in [0.2, 0.25) is 13.4 Å². The van der Waals surface area contributed by atoms with E-state index in [0.717, 1.165) is 17.1 Å². The monoisotopic (exact) mass is 917 g/mol. The average Bonchev–Trinajstić information content (AvgIpc) is 3.45. The summed E-state index contributed by atoms with van der Waals surface area (Å²) in [6.07, 6.45) is 0. The zero-order chi connectivity index (χ0) is 46.9. The Hall–Kier alpha value is -8.30. The number of benzene rings is 11. The van der Waals surface area contributed by atoms with Crippen LogP contribution in [0.15, 0.2) is 283 Å². The van der Waals surface area contributed by atoms with Crippen molar-refractivity contribution in [2.75, 3.05) is 4.90 Å². The first kappa shape index (κ1) is 41.7. The van der Waals surface area contributed by atoms with Gasteiger partial charge in [-0.25, -0.2) is 0 Å². The second-order valence-electron chi connectivity index (χ2n) is 19.1. The minimum absolute atomic E-state index is 0.0118. The molecule has 0 radical (unpaired) electrons. The molecule has 330 valence electrons. The highest BCUT2D eigenvalue weighted by Crippen LogP contribution is 2.51. The fourth-order valence-corrected chi connectivity index (χ4v) is 13.5. The van der Waals surface area contributed by atoms with Crippen LogP contribution in [0.25, 0.3) is 33.4 Å². The van der Waals surface area contributed by atoms with Crippen molar-refractivity contribution < 1.29 is 0 Å². The minimum Gasteiger partial charge on any atom is -0.311 e. The summed E-state index contributed by atoms with van der Waals surface area (Å²) in [5, 5.41) is 0. The number of nitrogens with zero attached hydrogens (tertiary/aromatic N) is 1. The lowest BCUT2D eigenvalue weighted by Crippen LogP contribution is -2.68. The summed E-state index contributed by atoms with van der Waals surface area (Å²) in [6, 6.07) is 102. The summed E-state index contributed by atoms with van der Waals surface area (Å²) in [5.74, 6) is 0. The van der Waals surface area contributed by atoms with Gasteiger partial charge in [0.1, 0.15) is 0 Å². The van der Waals surface area contributed by atoms with E-state index >= 15 is 0 Å². The molecule has 1 nitrogen and oxygen atoms in total. The molecule has 11 aromatic rings. The quantitative estimate of drug-likeness (QED) is 0.147. The predicted octanol–water partition coefficient (Wildman–Crippen LogP) is 12.7. The molecule has 3 heterocycles. The van der Waals surface area contributed by atoms with Gasteiger partial charge in [0.15, 0.2) is 0 Å². The first-order valence-corrected chi connectivity index (χ1v) is 25.5. The Balaban J connectivity index is 1.07. The molecule has 0 fully saturated rings. The fraction of sp³-hybridized carbons (Fsp3) is 0.0149. The molecule has 0 aliphatic carbocycles. The number of anilines is 3. The molecule has 0 amide bonds. The summed E-state index contributed by atoms with van der Waals surface area (Å²) in [4.78, 5) is 5.01. The van der Waals surface area contributed by atoms with E-state index in [-0.39, 0.29) is 13.4 Å².